The van der Waals surface area contributed by atoms with Gasteiger partial charge in [-0.2, -0.15) is 4.39 Å². The molecule has 2 aromatic rings. The predicted octanol–water partition coefficient (Wildman–Crippen LogP) is 5.54. The summed E-state index contributed by atoms with van der Waals surface area (Å²) in [6.45, 7) is -0.0293. The first-order valence-electron chi connectivity index (χ1n) is 15.9. The SMILES string of the molecule is O=c1[nH]c(=O)n([C@H]2C[C@H](O)[C@@H](COP(=O)(O)OCCOCCCCCCCCCCCCCCc3ccc(F)cc3)O2)cc1F. The number of phosphoric acid groups is 1. The van der Waals surface area contributed by atoms with E-state index < -0.39 is 49.9 Å². The van der Waals surface area contributed by atoms with E-state index in [1.165, 1.54) is 69.1 Å². The Hall–Kier alpha value is -2.25. The summed E-state index contributed by atoms with van der Waals surface area (Å²) in [6.07, 6.45) is 12.5. The molecule has 0 spiro atoms. The van der Waals surface area contributed by atoms with E-state index in [0.717, 1.165) is 36.7 Å². The molecule has 4 atom stereocenters. The van der Waals surface area contributed by atoms with Crippen molar-refractivity contribution in [2.45, 2.75) is 108 Å². The monoisotopic (exact) mass is 660 g/mol. The van der Waals surface area contributed by atoms with E-state index in [4.69, 9.17) is 18.5 Å². The molecule has 45 heavy (non-hydrogen) atoms. The van der Waals surface area contributed by atoms with Crippen LogP contribution in [0.1, 0.15) is 95.3 Å². The number of aromatic nitrogens is 2. The van der Waals surface area contributed by atoms with E-state index in [1.54, 1.807) is 4.98 Å². The van der Waals surface area contributed by atoms with Crippen LogP contribution >= 0.6 is 7.82 Å². The number of unbranched alkanes of at least 4 members (excludes halogenated alkanes) is 11. The molecular formula is C31H47F2N2O9P. The number of hydrogen-bond donors (Lipinski definition) is 3. The fourth-order valence-corrected chi connectivity index (χ4v) is 5.90. The van der Waals surface area contributed by atoms with Gasteiger partial charge >= 0.3 is 13.5 Å². The molecular weight excluding hydrogens is 613 g/mol. The number of hydrogen-bond acceptors (Lipinski definition) is 8. The third-order valence-corrected chi connectivity index (χ3v) is 8.72. The second-order valence-corrected chi connectivity index (χ2v) is 12.9. The third-order valence-electron chi connectivity index (χ3n) is 7.74. The minimum Gasteiger partial charge on any atom is -0.390 e. The Morgan fingerprint density at radius 1 is 0.867 bits per heavy atom. The van der Waals surface area contributed by atoms with Crippen LogP contribution in [0.5, 0.6) is 0 Å². The molecule has 0 aliphatic carbocycles. The van der Waals surface area contributed by atoms with E-state index >= 15 is 0 Å². The highest BCUT2D eigenvalue weighted by molar-refractivity contribution is 7.47. The smallest absolute Gasteiger partial charge is 0.390 e. The number of aryl methyl sites for hydroxylation is 1. The van der Waals surface area contributed by atoms with Crippen LogP contribution in [-0.4, -0.2) is 58.2 Å². The predicted molar refractivity (Wildman–Crippen MR) is 164 cm³/mol. The number of halogens is 2. The van der Waals surface area contributed by atoms with Gasteiger partial charge < -0.3 is 19.5 Å². The van der Waals surface area contributed by atoms with Gasteiger partial charge in [-0.15, -0.1) is 0 Å². The van der Waals surface area contributed by atoms with Crippen molar-refractivity contribution in [1.29, 1.82) is 0 Å². The summed E-state index contributed by atoms with van der Waals surface area (Å²) in [5.41, 5.74) is -0.883. The lowest BCUT2D eigenvalue weighted by Gasteiger charge is -2.18. The zero-order chi connectivity index (χ0) is 32.5. The van der Waals surface area contributed by atoms with Gasteiger partial charge in [0.25, 0.3) is 5.56 Å². The Kier molecular flexibility index (Phi) is 16.6. The highest BCUT2D eigenvalue weighted by Gasteiger charge is 2.37. The Morgan fingerprint density at radius 3 is 2.11 bits per heavy atom. The molecule has 0 bridgehead atoms. The fourth-order valence-electron chi connectivity index (χ4n) is 5.18. The first-order valence-corrected chi connectivity index (χ1v) is 17.4. The molecule has 11 nitrogen and oxygen atoms in total. The van der Waals surface area contributed by atoms with Crippen molar-refractivity contribution in [3.63, 3.8) is 0 Å². The number of ether oxygens (including phenoxy) is 2. The van der Waals surface area contributed by atoms with Gasteiger partial charge in [0.2, 0.25) is 5.82 Å². The van der Waals surface area contributed by atoms with Crippen molar-refractivity contribution < 1.29 is 41.9 Å². The zero-order valence-electron chi connectivity index (χ0n) is 25.7. The Bertz CT molecular complexity index is 1290. The van der Waals surface area contributed by atoms with E-state index in [9.17, 15) is 32.9 Å². The number of aliphatic hydroxyl groups is 1. The number of H-pyrrole nitrogens is 1. The summed E-state index contributed by atoms with van der Waals surface area (Å²) in [4.78, 5) is 34.8. The fraction of sp³-hybridized carbons (Fsp3) is 0.677. The molecule has 14 heteroatoms. The normalized spacial score (nSPS) is 19.6. The number of aromatic amines is 1. The summed E-state index contributed by atoms with van der Waals surface area (Å²) >= 11 is 0. The molecule has 1 saturated heterocycles. The molecule has 3 N–H and O–H groups in total. The van der Waals surface area contributed by atoms with Crippen LogP contribution in [-0.2, 0) is 29.5 Å². The number of aliphatic hydroxyl groups excluding tert-OH is 1. The molecule has 1 aromatic heterocycles. The summed E-state index contributed by atoms with van der Waals surface area (Å²) in [5.74, 6) is -1.37. The van der Waals surface area contributed by atoms with Crippen LogP contribution in [0, 0.1) is 11.6 Å². The average molecular weight is 661 g/mol. The molecule has 1 unspecified atom stereocenters. The van der Waals surface area contributed by atoms with Crippen molar-refractivity contribution in [2.75, 3.05) is 26.4 Å². The van der Waals surface area contributed by atoms with E-state index in [-0.39, 0.29) is 25.5 Å². The summed E-state index contributed by atoms with van der Waals surface area (Å²) in [7, 11) is -4.45. The Balaban J connectivity index is 1.10. The van der Waals surface area contributed by atoms with Crippen LogP contribution in [0.25, 0.3) is 0 Å². The van der Waals surface area contributed by atoms with Gasteiger partial charge in [0.1, 0.15) is 18.1 Å². The van der Waals surface area contributed by atoms with Crippen LogP contribution in [0.15, 0.2) is 40.1 Å². The van der Waals surface area contributed by atoms with Crippen LogP contribution in [0.4, 0.5) is 8.78 Å². The van der Waals surface area contributed by atoms with Gasteiger partial charge in [-0.25, -0.2) is 13.8 Å². The van der Waals surface area contributed by atoms with E-state index in [1.807, 2.05) is 12.1 Å². The van der Waals surface area contributed by atoms with Gasteiger partial charge in [0.05, 0.1) is 32.1 Å². The maximum atomic E-state index is 13.5. The Labute approximate surface area is 262 Å². The lowest BCUT2D eigenvalue weighted by molar-refractivity contribution is -0.0474. The molecule has 3 rings (SSSR count). The van der Waals surface area contributed by atoms with Gasteiger partial charge in [-0.05, 0) is 37.0 Å². The van der Waals surface area contributed by atoms with Gasteiger partial charge in [0.15, 0.2) is 0 Å². The lowest BCUT2D eigenvalue weighted by atomic mass is 10.0. The molecule has 1 aromatic carbocycles. The first kappa shape index (κ1) is 37.2. The van der Waals surface area contributed by atoms with Crippen molar-refractivity contribution in [3.8, 4) is 0 Å². The lowest BCUT2D eigenvalue weighted by Crippen LogP contribution is -2.34. The molecule has 0 radical (unpaired) electrons. The number of rotatable bonds is 23. The van der Waals surface area contributed by atoms with Gasteiger partial charge in [-0.3, -0.25) is 23.4 Å². The van der Waals surface area contributed by atoms with Crippen LogP contribution in [0.3, 0.4) is 0 Å². The molecule has 254 valence electrons. The molecule has 2 heterocycles. The number of phosphoric ester groups is 1. The maximum absolute atomic E-state index is 13.5. The summed E-state index contributed by atoms with van der Waals surface area (Å²) in [5, 5.41) is 10.2. The maximum Gasteiger partial charge on any atom is 0.472 e. The zero-order valence-corrected chi connectivity index (χ0v) is 26.6. The van der Waals surface area contributed by atoms with Gasteiger partial charge in [-0.1, -0.05) is 76.3 Å². The molecule has 1 aliphatic rings. The van der Waals surface area contributed by atoms with Crippen molar-refractivity contribution in [3.05, 3.63) is 68.5 Å². The van der Waals surface area contributed by atoms with Crippen molar-refractivity contribution in [1.82, 2.24) is 9.55 Å². The second kappa shape index (κ2) is 20.1. The number of nitrogens with one attached hydrogen (secondary N) is 1. The number of nitrogens with zero attached hydrogens (tertiary/aromatic N) is 1. The Morgan fingerprint density at radius 2 is 1.47 bits per heavy atom. The average Bonchev–Trinajstić information content (AvgIpc) is 3.38. The first-order chi connectivity index (χ1) is 21.6. The molecule has 1 fully saturated rings. The number of benzene rings is 1. The largest absolute Gasteiger partial charge is 0.472 e. The molecule has 1 aliphatic heterocycles. The standard InChI is InChI=1S/C31H47F2N2O9P/c32-25-16-14-24(15-17-25)13-11-9-7-5-3-1-2-4-6-8-10-12-18-41-19-20-42-45(39,40)43-23-28-27(36)21-29(44-28)35-22-26(33)30(37)34-31(35)38/h14-17,22,27-29,36H,1-13,18-21,23H2,(H,39,40)(H,34,37,38)/t27-,28+,29+/m0/s1. The third kappa shape index (κ3) is 14.4. The topological polar surface area (TPSA) is 149 Å². The molecule has 0 amide bonds. The minimum absolute atomic E-state index is 0.117. The highest BCUT2D eigenvalue weighted by Crippen LogP contribution is 2.44. The van der Waals surface area contributed by atoms with E-state index in [0.29, 0.717) is 12.8 Å². The van der Waals surface area contributed by atoms with Crippen LogP contribution < -0.4 is 11.2 Å². The minimum atomic E-state index is -4.45. The van der Waals surface area contributed by atoms with Crippen molar-refractivity contribution in [2.24, 2.45) is 0 Å². The summed E-state index contributed by atoms with van der Waals surface area (Å²) in [6, 6.07) is 6.78. The van der Waals surface area contributed by atoms with Crippen molar-refractivity contribution >= 4 is 7.82 Å². The van der Waals surface area contributed by atoms with Crippen LogP contribution in [0.2, 0.25) is 0 Å². The van der Waals surface area contributed by atoms with E-state index in [2.05, 4.69) is 0 Å². The molecule has 0 saturated carbocycles. The quantitative estimate of drug-likeness (QED) is 0.103. The summed E-state index contributed by atoms with van der Waals surface area (Å²) < 4.78 is 60.1. The van der Waals surface area contributed by atoms with Gasteiger partial charge in [0, 0.05) is 13.0 Å². The highest BCUT2D eigenvalue weighted by atomic mass is 31.2. The second-order valence-electron chi connectivity index (χ2n) is 11.4.